The summed E-state index contributed by atoms with van der Waals surface area (Å²) in [5.74, 6) is 0. The van der Waals surface area contributed by atoms with Crippen molar-refractivity contribution in [2.45, 2.75) is 6.10 Å². The van der Waals surface area contributed by atoms with Crippen molar-refractivity contribution in [3.8, 4) is 0 Å². The van der Waals surface area contributed by atoms with Crippen LogP contribution < -0.4 is 0 Å². The third-order valence-corrected chi connectivity index (χ3v) is 2.27. The lowest BCUT2D eigenvalue weighted by Crippen LogP contribution is -2.16. The topological polar surface area (TPSA) is 9.23 Å². The lowest BCUT2D eigenvalue weighted by atomic mass is 10.1. The number of hydrogen-bond donors (Lipinski definition) is 0. The van der Waals surface area contributed by atoms with Gasteiger partial charge in [0.05, 0.1) is 6.61 Å². The Morgan fingerprint density at radius 1 is 1.60 bits per heavy atom. The molecule has 0 aromatic carbocycles. The summed E-state index contributed by atoms with van der Waals surface area (Å²) in [7, 11) is 0. The second kappa shape index (κ2) is 2.64. The van der Waals surface area contributed by atoms with E-state index in [0.29, 0.717) is 0 Å². The molecule has 2 aliphatic heterocycles. The average Bonchev–Trinajstić information content (AvgIpc) is 2.05. The highest BCUT2D eigenvalue weighted by molar-refractivity contribution is 8.05. The van der Waals surface area contributed by atoms with Crippen LogP contribution in [-0.4, -0.2) is 12.7 Å². The molecule has 0 fully saturated rings. The Bertz CT molecular complexity index is 215. The SMILES string of the molecule is C1=CC2=CSC=CC2OC1. The molecule has 1 unspecified atom stereocenters. The van der Waals surface area contributed by atoms with E-state index in [9.17, 15) is 0 Å². The van der Waals surface area contributed by atoms with Gasteiger partial charge in [-0.2, -0.15) is 0 Å². The fourth-order valence-corrected chi connectivity index (χ4v) is 1.72. The van der Waals surface area contributed by atoms with Crippen LogP contribution in [0.15, 0.2) is 34.6 Å². The summed E-state index contributed by atoms with van der Waals surface area (Å²) in [4.78, 5) is 0. The molecule has 2 aliphatic rings. The van der Waals surface area contributed by atoms with E-state index in [-0.39, 0.29) is 6.10 Å². The summed E-state index contributed by atoms with van der Waals surface area (Å²) in [5.41, 5.74) is 1.28. The van der Waals surface area contributed by atoms with E-state index in [1.807, 2.05) is 6.08 Å². The van der Waals surface area contributed by atoms with Crippen molar-refractivity contribution in [1.82, 2.24) is 0 Å². The van der Waals surface area contributed by atoms with Crippen LogP contribution in [0.3, 0.4) is 0 Å². The minimum absolute atomic E-state index is 0.228. The molecule has 0 saturated carbocycles. The number of hydrogen-bond acceptors (Lipinski definition) is 2. The number of ether oxygens (including phenoxy) is 1. The first kappa shape index (κ1) is 6.25. The monoisotopic (exact) mass is 152 g/mol. The van der Waals surface area contributed by atoms with E-state index in [1.54, 1.807) is 11.8 Å². The molecular weight excluding hydrogens is 144 g/mol. The van der Waals surface area contributed by atoms with Crippen LogP contribution >= 0.6 is 11.8 Å². The highest BCUT2D eigenvalue weighted by Gasteiger charge is 2.13. The van der Waals surface area contributed by atoms with Crippen LogP contribution in [0.4, 0.5) is 0 Å². The van der Waals surface area contributed by atoms with Crippen molar-refractivity contribution < 1.29 is 4.74 Å². The summed E-state index contributed by atoms with van der Waals surface area (Å²) in [6, 6.07) is 0. The van der Waals surface area contributed by atoms with Gasteiger partial charge in [-0.25, -0.2) is 0 Å². The molecule has 0 saturated heterocycles. The molecule has 0 aliphatic carbocycles. The van der Waals surface area contributed by atoms with Crippen LogP contribution in [0.2, 0.25) is 0 Å². The van der Waals surface area contributed by atoms with E-state index in [0.717, 1.165) is 6.61 Å². The van der Waals surface area contributed by atoms with E-state index >= 15 is 0 Å². The third kappa shape index (κ3) is 1.04. The van der Waals surface area contributed by atoms with Crippen molar-refractivity contribution in [2.75, 3.05) is 6.61 Å². The lowest BCUT2D eigenvalue weighted by molar-refractivity contribution is 0.130. The fraction of sp³-hybridized carbons (Fsp3) is 0.250. The Morgan fingerprint density at radius 2 is 2.60 bits per heavy atom. The normalized spacial score (nSPS) is 29.6. The standard InChI is InChI=1S/C8H8OS/c1-2-7-6-10-5-3-8(7)9-4-1/h1-3,5-6,8H,4H2. The van der Waals surface area contributed by atoms with Gasteiger partial charge in [-0.05, 0) is 22.5 Å². The summed E-state index contributed by atoms with van der Waals surface area (Å²) in [5, 5.41) is 4.19. The van der Waals surface area contributed by atoms with Crippen molar-refractivity contribution in [1.29, 1.82) is 0 Å². The molecule has 2 rings (SSSR count). The molecular formula is C8H8OS. The number of thioether (sulfide) groups is 1. The molecule has 0 spiro atoms. The minimum Gasteiger partial charge on any atom is -0.365 e. The third-order valence-electron chi connectivity index (χ3n) is 1.55. The second-order valence-electron chi connectivity index (χ2n) is 2.24. The predicted molar refractivity (Wildman–Crippen MR) is 43.7 cm³/mol. The maximum atomic E-state index is 5.43. The van der Waals surface area contributed by atoms with Gasteiger partial charge in [-0.1, -0.05) is 12.2 Å². The molecule has 0 aromatic heterocycles. The van der Waals surface area contributed by atoms with Gasteiger partial charge in [-0.3, -0.25) is 0 Å². The average molecular weight is 152 g/mol. The highest BCUT2D eigenvalue weighted by Crippen LogP contribution is 2.24. The van der Waals surface area contributed by atoms with Gasteiger partial charge in [0.15, 0.2) is 0 Å². The van der Waals surface area contributed by atoms with Crippen molar-refractivity contribution >= 4 is 11.8 Å². The van der Waals surface area contributed by atoms with Gasteiger partial charge in [0, 0.05) is 0 Å². The molecule has 10 heavy (non-hydrogen) atoms. The zero-order valence-corrected chi connectivity index (χ0v) is 6.30. The van der Waals surface area contributed by atoms with Crippen molar-refractivity contribution in [3.63, 3.8) is 0 Å². The Morgan fingerprint density at radius 3 is 3.50 bits per heavy atom. The first-order valence-corrected chi connectivity index (χ1v) is 4.21. The molecule has 0 radical (unpaired) electrons. The highest BCUT2D eigenvalue weighted by atomic mass is 32.2. The van der Waals surface area contributed by atoms with Gasteiger partial charge < -0.3 is 4.74 Å². The molecule has 2 heteroatoms. The maximum Gasteiger partial charge on any atom is 0.102 e. The Labute approximate surface area is 64.5 Å². The smallest absolute Gasteiger partial charge is 0.102 e. The van der Waals surface area contributed by atoms with Gasteiger partial charge in [0.2, 0.25) is 0 Å². The zero-order valence-electron chi connectivity index (χ0n) is 5.49. The predicted octanol–water partition coefficient (Wildman–Crippen LogP) is 2.09. The summed E-state index contributed by atoms with van der Waals surface area (Å²) < 4.78 is 5.43. The summed E-state index contributed by atoms with van der Waals surface area (Å²) in [6.07, 6.45) is 6.49. The van der Waals surface area contributed by atoms with Crippen LogP contribution in [-0.2, 0) is 4.74 Å². The second-order valence-corrected chi connectivity index (χ2v) is 3.02. The van der Waals surface area contributed by atoms with Gasteiger partial charge in [0.1, 0.15) is 6.10 Å². The van der Waals surface area contributed by atoms with E-state index in [2.05, 4.69) is 23.0 Å². The summed E-state index contributed by atoms with van der Waals surface area (Å²) >= 11 is 1.71. The zero-order chi connectivity index (χ0) is 6.81. The number of fused-ring (bicyclic) bond motifs is 1. The van der Waals surface area contributed by atoms with Crippen molar-refractivity contribution in [2.24, 2.45) is 0 Å². The van der Waals surface area contributed by atoms with Crippen LogP contribution in [0, 0.1) is 0 Å². The molecule has 1 atom stereocenters. The Hall–Kier alpha value is -0.470. The summed E-state index contributed by atoms with van der Waals surface area (Å²) in [6.45, 7) is 0.747. The largest absolute Gasteiger partial charge is 0.365 e. The van der Waals surface area contributed by atoms with E-state index in [1.165, 1.54) is 5.57 Å². The molecule has 1 nitrogen and oxygen atoms in total. The first-order valence-electron chi connectivity index (χ1n) is 3.27. The van der Waals surface area contributed by atoms with E-state index < -0.39 is 0 Å². The lowest BCUT2D eigenvalue weighted by Gasteiger charge is -2.20. The van der Waals surface area contributed by atoms with Gasteiger partial charge in [-0.15, -0.1) is 11.8 Å². The van der Waals surface area contributed by atoms with Gasteiger partial charge >= 0.3 is 0 Å². The van der Waals surface area contributed by atoms with Crippen LogP contribution in [0.5, 0.6) is 0 Å². The van der Waals surface area contributed by atoms with Crippen LogP contribution in [0.25, 0.3) is 0 Å². The van der Waals surface area contributed by atoms with Crippen molar-refractivity contribution in [3.05, 3.63) is 34.6 Å². The van der Waals surface area contributed by atoms with E-state index in [4.69, 9.17) is 4.74 Å². The van der Waals surface area contributed by atoms with Crippen LogP contribution in [0.1, 0.15) is 0 Å². The quantitative estimate of drug-likeness (QED) is 0.525. The number of rotatable bonds is 0. The molecule has 0 aromatic rings. The Balaban J connectivity index is 2.26. The maximum absolute atomic E-state index is 5.43. The molecule has 52 valence electrons. The molecule has 0 bridgehead atoms. The fourth-order valence-electron chi connectivity index (χ4n) is 1.04. The first-order chi connectivity index (χ1) is 4.97. The van der Waals surface area contributed by atoms with Gasteiger partial charge in [0.25, 0.3) is 0 Å². The molecule has 0 amide bonds. The molecule has 0 N–H and O–H groups in total. The molecule has 2 heterocycles. The Kier molecular flexibility index (Phi) is 1.65. The minimum atomic E-state index is 0.228.